The van der Waals surface area contributed by atoms with Crippen molar-refractivity contribution in [1.29, 1.82) is 0 Å². The summed E-state index contributed by atoms with van der Waals surface area (Å²) in [6.07, 6.45) is 1.18. The largest absolute Gasteiger partial charge is 0.486 e. The van der Waals surface area contributed by atoms with Crippen LogP contribution < -0.4 is 14.2 Å². The number of nitrogens with zero attached hydrogens (tertiary/aromatic N) is 1. The third kappa shape index (κ3) is 3.22. The van der Waals surface area contributed by atoms with E-state index in [2.05, 4.69) is 4.98 Å². The average Bonchev–Trinajstić information content (AvgIpc) is 2.54. The molecule has 9 heteroatoms. The molecular weight excluding hydrogens is 344 g/mol. The molecule has 0 radical (unpaired) electrons. The minimum atomic E-state index is -4.12. The van der Waals surface area contributed by atoms with Crippen LogP contribution in [0.5, 0.6) is 11.5 Å². The van der Waals surface area contributed by atoms with Crippen LogP contribution >= 0.6 is 11.6 Å². The molecule has 0 fully saturated rings. The van der Waals surface area contributed by atoms with Crippen molar-refractivity contribution < 1.29 is 22.7 Å². The molecule has 1 amide bonds. The summed E-state index contributed by atoms with van der Waals surface area (Å²) in [6, 6.07) is 7.25. The van der Waals surface area contributed by atoms with Gasteiger partial charge in [-0.1, -0.05) is 17.7 Å². The molecular formula is C14H11ClN2O5S. The van der Waals surface area contributed by atoms with Crippen LogP contribution in [0.3, 0.4) is 0 Å². The van der Waals surface area contributed by atoms with Crippen LogP contribution in [-0.2, 0) is 10.0 Å². The molecule has 3 rings (SSSR count). The predicted molar refractivity (Wildman–Crippen MR) is 81.3 cm³/mol. The smallest absolute Gasteiger partial charge is 0.281 e. The van der Waals surface area contributed by atoms with Crippen molar-refractivity contribution >= 4 is 27.5 Å². The Morgan fingerprint density at radius 2 is 1.96 bits per heavy atom. The highest BCUT2D eigenvalue weighted by atomic mass is 35.5. The number of aromatic nitrogens is 1. The van der Waals surface area contributed by atoms with E-state index in [0.29, 0.717) is 12.4 Å². The summed E-state index contributed by atoms with van der Waals surface area (Å²) >= 11 is 5.67. The maximum Gasteiger partial charge on any atom is 0.281 e. The monoisotopic (exact) mass is 354 g/mol. The molecule has 1 aliphatic rings. The summed E-state index contributed by atoms with van der Waals surface area (Å²) in [5, 5.41) is -0.0184. The second-order valence-corrected chi connectivity index (χ2v) is 6.64. The number of hydrogen-bond acceptors (Lipinski definition) is 6. The lowest BCUT2D eigenvalue weighted by atomic mass is 10.1. The van der Waals surface area contributed by atoms with E-state index in [4.69, 9.17) is 21.1 Å². The first kappa shape index (κ1) is 15.6. The Bertz CT molecular complexity index is 852. The highest BCUT2D eigenvalue weighted by molar-refractivity contribution is 7.90. The number of benzene rings is 1. The maximum atomic E-state index is 12.3. The highest BCUT2D eigenvalue weighted by Gasteiger charge is 2.25. The quantitative estimate of drug-likeness (QED) is 0.900. The maximum absolute atomic E-state index is 12.3. The lowest BCUT2D eigenvalue weighted by molar-refractivity contribution is 0.0970. The fourth-order valence-electron chi connectivity index (χ4n) is 2.00. The number of carbonyl (C=O) groups excluding carboxylic acids is 1. The van der Waals surface area contributed by atoms with Gasteiger partial charge < -0.3 is 9.47 Å². The number of amides is 1. The van der Waals surface area contributed by atoms with Crippen molar-refractivity contribution in [1.82, 2.24) is 9.71 Å². The number of para-hydroxylation sites is 1. The van der Waals surface area contributed by atoms with Gasteiger partial charge in [-0.3, -0.25) is 4.79 Å². The molecule has 0 aliphatic carbocycles. The van der Waals surface area contributed by atoms with Crippen LogP contribution in [0.25, 0.3) is 0 Å². The van der Waals surface area contributed by atoms with Crippen LogP contribution in [0.15, 0.2) is 41.6 Å². The van der Waals surface area contributed by atoms with Gasteiger partial charge in [0.2, 0.25) is 0 Å². The molecule has 0 unspecified atom stereocenters. The summed E-state index contributed by atoms with van der Waals surface area (Å²) in [5.41, 5.74) is 0.0692. The van der Waals surface area contributed by atoms with E-state index in [1.54, 1.807) is 12.1 Å². The number of sulfonamides is 1. The predicted octanol–water partition coefficient (Wildman–Crippen LogP) is 1.62. The second-order valence-electron chi connectivity index (χ2n) is 4.58. The number of fused-ring (bicyclic) bond motifs is 1. The average molecular weight is 355 g/mol. The molecule has 23 heavy (non-hydrogen) atoms. The molecule has 0 saturated heterocycles. The molecule has 0 spiro atoms. The Balaban J connectivity index is 1.88. The van der Waals surface area contributed by atoms with Gasteiger partial charge in [0.15, 0.2) is 16.5 Å². The van der Waals surface area contributed by atoms with Crippen molar-refractivity contribution in [3.05, 3.63) is 47.1 Å². The Hall–Kier alpha value is -2.32. The van der Waals surface area contributed by atoms with Gasteiger partial charge in [-0.2, -0.15) is 8.42 Å². The van der Waals surface area contributed by atoms with Crippen LogP contribution in [-0.4, -0.2) is 32.5 Å². The zero-order valence-electron chi connectivity index (χ0n) is 11.7. The summed E-state index contributed by atoms with van der Waals surface area (Å²) in [7, 11) is -4.12. The number of halogens is 1. The molecule has 0 saturated carbocycles. The molecule has 1 aromatic carbocycles. The number of carbonyl (C=O) groups is 1. The summed E-state index contributed by atoms with van der Waals surface area (Å²) in [5.74, 6) is -0.217. The lowest BCUT2D eigenvalue weighted by Crippen LogP contribution is -2.32. The van der Waals surface area contributed by atoms with Crippen molar-refractivity contribution in [3.8, 4) is 11.5 Å². The Kier molecular flexibility index (Phi) is 4.10. The van der Waals surface area contributed by atoms with Gasteiger partial charge in [0.1, 0.15) is 13.2 Å². The van der Waals surface area contributed by atoms with Gasteiger partial charge in [-0.25, -0.2) is 9.71 Å². The van der Waals surface area contributed by atoms with Gasteiger partial charge in [-0.05, 0) is 24.3 Å². The normalized spacial score (nSPS) is 13.4. The van der Waals surface area contributed by atoms with E-state index >= 15 is 0 Å². The Labute approximate surface area is 137 Å². The Morgan fingerprint density at radius 1 is 1.17 bits per heavy atom. The van der Waals surface area contributed by atoms with Crippen molar-refractivity contribution in [2.24, 2.45) is 0 Å². The SMILES string of the molecule is O=C(NS(=O)(=O)c1ccc(Cl)cn1)c1cccc2c1OCCO2. The second kappa shape index (κ2) is 6.05. The van der Waals surface area contributed by atoms with E-state index in [1.165, 1.54) is 24.4 Å². The first-order valence-corrected chi connectivity index (χ1v) is 8.41. The fraction of sp³-hybridized carbons (Fsp3) is 0.143. The highest BCUT2D eigenvalue weighted by Crippen LogP contribution is 2.33. The lowest BCUT2D eigenvalue weighted by Gasteiger charge is -2.20. The molecule has 120 valence electrons. The van der Waals surface area contributed by atoms with Crippen molar-refractivity contribution in [3.63, 3.8) is 0 Å². The number of hydrogen-bond donors (Lipinski definition) is 1. The summed E-state index contributed by atoms with van der Waals surface area (Å²) in [6.45, 7) is 0.647. The van der Waals surface area contributed by atoms with Gasteiger partial charge in [0, 0.05) is 6.20 Å². The topological polar surface area (TPSA) is 94.6 Å². The third-order valence-electron chi connectivity index (χ3n) is 3.01. The standard InChI is InChI=1S/C14H11ClN2O5S/c15-9-4-5-12(16-8-9)23(19,20)17-14(18)10-2-1-3-11-13(10)22-7-6-21-11/h1-5,8H,6-7H2,(H,17,18). The number of nitrogens with one attached hydrogen (secondary N) is 1. The molecule has 2 heterocycles. The van der Waals surface area contributed by atoms with E-state index in [0.717, 1.165) is 0 Å². The first-order chi connectivity index (χ1) is 11.0. The van der Waals surface area contributed by atoms with Crippen LogP contribution in [0, 0.1) is 0 Å². The third-order valence-corrected chi connectivity index (χ3v) is 4.48. The molecule has 7 nitrogen and oxygen atoms in total. The number of pyridine rings is 1. The molecule has 1 N–H and O–H groups in total. The van der Waals surface area contributed by atoms with Crippen LogP contribution in [0.1, 0.15) is 10.4 Å². The summed E-state index contributed by atoms with van der Waals surface area (Å²) in [4.78, 5) is 16.0. The van der Waals surface area contributed by atoms with E-state index in [9.17, 15) is 13.2 Å². The van der Waals surface area contributed by atoms with Gasteiger partial charge in [0.25, 0.3) is 15.9 Å². The number of ether oxygens (including phenoxy) is 2. The van der Waals surface area contributed by atoms with Crippen LogP contribution in [0.4, 0.5) is 0 Å². The minimum Gasteiger partial charge on any atom is -0.486 e. The molecule has 1 aliphatic heterocycles. The zero-order chi connectivity index (χ0) is 16.4. The zero-order valence-corrected chi connectivity index (χ0v) is 13.2. The molecule has 0 atom stereocenters. The fourth-order valence-corrected chi connectivity index (χ4v) is 3.01. The van der Waals surface area contributed by atoms with E-state index < -0.39 is 15.9 Å². The van der Waals surface area contributed by atoms with Crippen LogP contribution in [0.2, 0.25) is 5.02 Å². The van der Waals surface area contributed by atoms with E-state index in [-0.39, 0.29) is 28.0 Å². The van der Waals surface area contributed by atoms with E-state index in [1.807, 2.05) is 4.72 Å². The Morgan fingerprint density at radius 3 is 2.70 bits per heavy atom. The molecule has 2 aromatic rings. The molecule has 1 aromatic heterocycles. The minimum absolute atomic E-state index is 0.0692. The summed E-state index contributed by atoms with van der Waals surface area (Å²) < 4.78 is 37.1. The number of rotatable bonds is 3. The van der Waals surface area contributed by atoms with Crippen molar-refractivity contribution in [2.45, 2.75) is 5.03 Å². The van der Waals surface area contributed by atoms with Gasteiger partial charge in [-0.15, -0.1) is 0 Å². The van der Waals surface area contributed by atoms with Crippen molar-refractivity contribution in [2.75, 3.05) is 13.2 Å². The van der Waals surface area contributed by atoms with Gasteiger partial charge in [0.05, 0.1) is 10.6 Å². The molecule has 0 bridgehead atoms. The first-order valence-electron chi connectivity index (χ1n) is 6.55. The van der Waals surface area contributed by atoms with Gasteiger partial charge >= 0.3 is 0 Å².